The van der Waals surface area contributed by atoms with Crippen LogP contribution in [0.4, 0.5) is 30.5 Å². The third-order valence-corrected chi connectivity index (χ3v) is 5.34. The summed E-state index contributed by atoms with van der Waals surface area (Å²) in [7, 11) is 0. The third-order valence-electron chi connectivity index (χ3n) is 5.34. The molecule has 0 amide bonds. The highest BCUT2D eigenvalue weighted by Crippen LogP contribution is 2.28. The molecule has 1 aromatic heterocycles. The van der Waals surface area contributed by atoms with Crippen LogP contribution in [0.2, 0.25) is 0 Å². The molecule has 5 nitrogen and oxygen atoms in total. The standard InChI is InChI=1S/C23H24F3N5/c24-23(25,26)19-14-29-22(30-15-19)31-20-8-6-16(7-9-20)12-28-21-5-1-3-17(11-21)18-4-2-10-27-13-18/h1,3,5-9,11,14-15,18,27-28H,2,4,10,12-13H2,(H,29,30,31). The highest BCUT2D eigenvalue weighted by Gasteiger charge is 2.31. The quantitative estimate of drug-likeness (QED) is 0.497. The SMILES string of the molecule is FC(F)(F)c1cnc(Nc2ccc(CNc3cccc(C4CCCNC4)c3)cc2)nc1. The number of alkyl halides is 3. The highest BCUT2D eigenvalue weighted by molar-refractivity contribution is 5.54. The van der Waals surface area contributed by atoms with Crippen molar-refractivity contribution in [1.82, 2.24) is 15.3 Å². The molecule has 31 heavy (non-hydrogen) atoms. The van der Waals surface area contributed by atoms with E-state index in [0.29, 0.717) is 18.2 Å². The van der Waals surface area contributed by atoms with E-state index in [1.54, 1.807) is 0 Å². The van der Waals surface area contributed by atoms with Gasteiger partial charge in [-0.2, -0.15) is 13.2 Å². The lowest BCUT2D eigenvalue weighted by atomic mass is 9.91. The molecule has 1 unspecified atom stereocenters. The summed E-state index contributed by atoms with van der Waals surface area (Å²) < 4.78 is 37.8. The van der Waals surface area contributed by atoms with Crippen molar-refractivity contribution in [3.8, 4) is 0 Å². The second kappa shape index (κ2) is 9.34. The molecule has 4 rings (SSSR count). The molecule has 2 aromatic carbocycles. The van der Waals surface area contributed by atoms with Crippen LogP contribution in [0.1, 0.15) is 35.4 Å². The molecule has 3 aromatic rings. The second-order valence-electron chi connectivity index (χ2n) is 7.64. The molecule has 0 radical (unpaired) electrons. The topological polar surface area (TPSA) is 61.9 Å². The molecule has 0 spiro atoms. The Labute approximate surface area is 179 Å². The van der Waals surface area contributed by atoms with Crippen LogP contribution in [0.3, 0.4) is 0 Å². The number of hydrogen-bond donors (Lipinski definition) is 3. The van der Waals surface area contributed by atoms with Gasteiger partial charge in [0.1, 0.15) is 0 Å². The Bertz CT molecular complexity index is 981. The van der Waals surface area contributed by atoms with Crippen LogP contribution in [-0.4, -0.2) is 23.1 Å². The Morgan fingerprint density at radius 1 is 1.00 bits per heavy atom. The smallest absolute Gasteiger partial charge is 0.381 e. The Balaban J connectivity index is 1.33. The van der Waals surface area contributed by atoms with Crippen molar-refractivity contribution in [2.75, 3.05) is 23.7 Å². The van der Waals surface area contributed by atoms with Crippen LogP contribution in [0.5, 0.6) is 0 Å². The summed E-state index contributed by atoms with van der Waals surface area (Å²) in [6.45, 7) is 2.80. The number of hydrogen-bond acceptors (Lipinski definition) is 5. The van der Waals surface area contributed by atoms with Crippen molar-refractivity contribution in [2.24, 2.45) is 0 Å². The lowest BCUT2D eigenvalue weighted by Gasteiger charge is -2.23. The molecule has 162 valence electrons. The van der Waals surface area contributed by atoms with Crippen LogP contribution >= 0.6 is 0 Å². The minimum atomic E-state index is -4.44. The lowest BCUT2D eigenvalue weighted by molar-refractivity contribution is -0.138. The van der Waals surface area contributed by atoms with Crippen LogP contribution in [-0.2, 0) is 12.7 Å². The summed E-state index contributed by atoms with van der Waals surface area (Å²) in [6, 6.07) is 16.2. The van der Waals surface area contributed by atoms with Gasteiger partial charge in [0.2, 0.25) is 5.95 Å². The lowest BCUT2D eigenvalue weighted by Crippen LogP contribution is -2.28. The Hall–Kier alpha value is -3.13. The third kappa shape index (κ3) is 5.73. The second-order valence-corrected chi connectivity index (χ2v) is 7.64. The van der Waals surface area contributed by atoms with E-state index in [9.17, 15) is 13.2 Å². The van der Waals surface area contributed by atoms with Crippen molar-refractivity contribution in [2.45, 2.75) is 31.5 Å². The minimum Gasteiger partial charge on any atom is -0.381 e. The fraction of sp³-hybridized carbons (Fsp3) is 0.304. The molecule has 3 N–H and O–H groups in total. The van der Waals surface area contributed by atoms with Gasteiger partial charge in [-0.25, -0.2) is 9.97 Å². The van der Waals surface area contributed by atoms with Crippen molar-refractivity contribution in [3.63, 3.8) is 0 Å². The summed E-state index contributed by atoms with van der Waals surface area (Å²) >= 11 is 0. The molecule has 1 fully saturated rings. The fourth-order valence-electron chi connectivity index (χ4n) is 3.62. The van der Waals surface area contributed by atoms with E-state index < -0.39 is 11.7 Å². The molecule has 1 aliphatic heterocycles. The predicted octanol–water partition coefficient (Wildman–Crippen LogP) is 5.32. The van der Waals surface area contributed by atoms with Crippen molar-refractivity contribution >= 4 is 17.3 Å². The average Bonchev–Trinajstić information content (AvgIpc) is 2.79. The van der Waals surface area contributed by atoms with E-state index >= 15 is 0 Å². The Kier molecular flexibility index (Phi) is 6.36. The maximum Gasteiger partial charge on any atom is 0.419 e. The van der Waals surface area contributed by atoms with Gasteiger partial charge in [-0.15, -0.1) is 0 Å². The van der Waals surface area contributed by atoms with E-state index in [0.717, 1.165) is 36.7 Å². The summed E-state index contributed by atoms with van der Waals surface area (Å²) in [4.78, 5) is 7.45. The van der Waals surface area contributed by atoms with Crippen molar-refractivity contribution in [1.29, 1.82) is 0 Å². The van der Waals surface area contributed by atoms with E-state index in [1.165, 1.54) is 18.4 Å². The van der Waals surface area contributed by atoms with E-state index in [1.807, 2.05) is 24.3 Å². The highest BCUT2D eigenvalue weighted by atomic mass is 19.4. The monoisotopic (exact) mass is 427 g/mol. The predicted molar refractivity (Wildman–Crippen MR) is 115 cm³/mol. The summed E-state index contributed by atoms with van der Waals surface area (Å²) in [6.07, 6.45) is -0.482. The molecule has 0 aliphatic carbocycles. The van der Waals surface area contributed by atoms with Crippen molar-refractivity contribution < 1.29 is 13.2 Å². The van der Waals surface area contributed by atoms with Crippen LogP contribution in [0, 0.1) is 0 Å². The number of rotatable bonds is 6. The molecule has 1 aliphatic rings. The molecule has 0 bridgehead atoms. The first-order valence-corrected chi connectivity index (χ1v) is 10.3. The van der Waals surface area contributed by atoms with E-state index in [4.69, 9.17) is 0 Å². The fourth-order valence-corrected chi connectivity index (χ4v) is 3.62. The van der Waals surface area contributed by atoms with Gasteiger partial charge in [-0.3, -0.25) is 0 Å². The van der Waals surface area contributed by atoms with Gasteiger partial charge in [-0.1, -0.05) is 24.3 Å². The zero-order chi connectivity index (χ0) is 21.7. The van der Waals surface area contributed by atoms with Gasteiger partial charge in [0.15, 0.2) is 0 Å². The van der Waals surface area contributed by atoms with Gasteiger partial charge < -0.3 is 16.0 Å². The largest absolute Gasteiger partial charge is 0.419 e. The average molecular weight is 427 g/mol. The summed E-state index contributed by atoms with van der Waals surface area (Å²) in [5, 5.41) is 9.83. The normalized spacial score (nSPS) is 16.7. The first kappa shape index (κ1) is 21.1. The summed E-state index contributed by atoms with van der Waals surface area (Å²) in [5.74, 6) is 0.682. The molecule has 1 saturated heterocycles. The number of aromatic nitrogens is 2. The number of anilines is 3. The van der Waals surface area contributed by atoms with Crippen LogP contribution < -0.4 is 16.0 Å². The first-order valence-electron chi connectivity index (χ1n) is 10.3. The number of nitrogens with one attached hydrogen (secondary N) is 3. The molecule has 2 heterocycles. The molecular formula is C23H24F3N5. The van der Waals surface area contributed by atoms with Crippen LogP contribution in [0.25, 0.3) is 0 Å². The summed E-state index contributed by atoms with van der Waals surface area (Å²) in [5.41, 5.74) is 3.36. The molecule has 1 atom stereocenters. The van der Waals surface area contributed by atoms with E-state index in [-0.39, 0.29) is 5.95 Å². The maximum absolute atomic E-state index is 12.6. The minimum absolute atomic E-state index is 0.118. The Morgan fingerprint density at radius 2 is 1.77 bits per heavy atom. The number of piperidine rings is 1. The van der Waals surface area contributed by atoms with Gasteiger partial charge in [0, 0.05) is 36.9 Å². The number of nitrogens with zero attached hydrogens (tertiary/aromatic N) is 2. The van der Waals surface area contributed by atoms with Gasteiger partial charge >= 0.3 is 6.18 Å². The number of benzene rings is 2. The first-order chi connectivity index (χ1) is 15.0. The van der Waals surface area contributed by atoms with E-state index in [2.05, 4.69) is 50.2 Å². The van der Waals surface area contributed by atoms with Crippen LogP contribution in [0.15, 0.2) is 60.9 Å². The number of halogens is 3. The van der Waals surface area contributed by atoms with Crippen molar-refractivity contribution in [3.05, 3.63) is 77.6 Å². The Morgan fingerprint density at radius 3 is 2.45 bits per heavy atom. The molecule has 8 heteroatoms. The zero-order valence-corrected chi connectivity index (χ0v) is 16.9. The maximum atomic E-state index is 12.6. The van der Waals surface area contributed by atoms with Gasteiger partial charge in [0.05, 0.1) is 5.56 Å². The van der Waals surface area contributed by atoms with Gasteiger partial charge in [-0.05, 0) is 60.7 Å². The van der Waals surface area contributed by atoms with Gasteiger partial charge in [0.25, 0.3) is 0 Å². The molecule has 0 saturated carbocycles. The zero-order valence-electron chi connectivity index (χ0n) is 16.9. The molecular weight excluding hydrogens is 403 g/mol.